The van der Waals surface area contributed by atoms with Gasteiger partial charge in [-0.2, -0.15) is 15.1 Å². The third kappa shape index (κ3) is 4.18. The molecule has 2 aliphatic rings. The third-order valence-corrected chi connectivity index (χ3v) is 6.56. The van der Waals surface area contributed by atoms with Gasteiger partial charge in [-0.25, -0.2) is 0 Å². The summed E-state index contributed by atoms with van der Waals surface area (Å²) in [6.45, 7) is 4.18. The highest BCUT2D eigenvalue weighted by atomic mass is 35.5. The smallest absolute Gasteiger partial charge is 0.283 e. The Morgan fingerprint density at radius 1 is 1.12 bits per heavy atom. The number of hydrogen-bond acceptors (Lipinski definition) is 5. The van der Waals surface area contributed by atoms with Gasteiger partial charge in [0.2, 0.25) is 5.17 Å². The molecule has 0 radical (unpaired) electrons. The monoisotopic (exact) mass is 489 g/mol. The molecule has 0 atom stereocenters. The van der Waals surface area contributed by atoms with Gasteiger partial charge in [-0.3, -0.25) is 10.2 Å². The van der Waals surface area contributed by atoms with Crippen LogP contribution in [0.4, 0.5) is 0 Å². The number of carbonyl (C=O) groups excluding carboxylic acids is 1. The van der Waals surface area contributed by atoms with Gasteiger partial charge in [0.05, 0.1) is 5.57 Å². The van der Waals surface area contributed by atoms with Crippen molar-refractivity contribution >= 4 is 51.4 Å². The number of aryl methyl sites for hydroxylation is 1. The van der Waals surface area contributed by atoms with Gasteiger partial charge in [-0.05, 0) is 73.6 Å². The number of hydrazone groups is 1. The molecule has 2 aliphatic heterocycles. The average Bonchev–Trinajstić information content (AvgIpc) is 3.35. The molecule has 0 spiro atoms. The minimum atomic E-state index is -0.461. The van der Waals surface area contributed by atoms with E-state index in [-0.39, 0.29) is 18.0 Å². The van der Waals surface area contributed by atoms with Crippen molar-refractivity contribution in [3.05, 3.63) is 88.2 Å². The van der Waals surface area contributed by atoms with Crippen molar-refractivity contribution in [1.82, 2.24) is 9.58 Å². The molecule has 5 rings (SSSR count). The third-order valence-electron chi connectivity index (χ3n) is 5.44. The van der Waals surface area contributed by atoms with Crippen LogP contribution in [0.15, 0.2) is 76.3 Å². The number of aromatic nitrogens is 1. The molecule has 0 bridgehead atoms. The van der Waals surface area contributed by atoms with E-state index in [1.54, 1.807) is 6.08 Å². The van der Waals surface area contributed by atoms with Crippen LogP contribution >= 0.6 is 23.4 Å². The molecule has 9 heteroatoms. The Morgan fingerprint density at radius 2 is 1.91 bits per heavy atom. The van der Waals surface area contributed by atoms with E-state index < -0.39 is 5.91 Å². The summed E-state index contributed by atoms with van der Waals surface area (Å²) in [4.78, 5) is 17.0. The van der Waals surface area contributed by atoms with Crippen molar-refractivity contribution in [3.63, 3.8) is 0 Å². The number of nitrogens with one attached hydrogen (secondary N) is 1. The number of para-hydroxylation sites is 1. The zero-order valence-corrected chi connectivity index (χ0v) is 20.0. The molecule has 3 heterocycles. The zero-order valence-electron chi connectivity index (χ0n) is 18.4. The lowest BCUT2D eigenvalue weighted by Crippen LogP contribution is -2.35. The number of thioether (sulfide) groups is 1. The first-order valence-electron chi connectivity index (χ1n) is 10.5. The van der Waals surface area contributed by atoms with Crippen molar-refractivity contribution in [2.75, 3.05) is 6.61 Å². The predicted molar refractivity (Wildman–Crippen MR) is 137 cm³/mol. The molecule has 0 saturated heterocycles. The summed E-state index contributed by atoms with van der Waals surface area (Å²) in [7, 11) is 0. The van der Waals surface area contributed by atoms with E-state index in [4.69, 9.17) is 21.7 Å². The van der Waals surface area contributed by atoms with E-state index in [9.17, 15) is 4.79 Å². The Kier molecular flexibility index (Phi) is 5.85. The lowest BCUT2D eigenvalue weighted by molar-refractivity contribution is -0.114. The Morgan fingerprint density at radius 3 is 2.68 bits per heavy atom. The van der Waals surface area contributed by atoms with Crippen LogP contribution in [0.3, 0.4) is 0 Å². The van der Waals surface area contributed by atoms with Gasteiger partial charge in [0.15, 0.2) is 5.84 Å². The Balaban J connectivity index is 1.41. The van der Waals surface area contributed by atoms with E-state index >= 15 is 0 Å². The Labute approximate surface area is 205 Å². The second-order valence-corrected chi connectivity index (χ2v) is 9.23. The van der Waals surface area contributed by atoms with Crippen LogP contribution in [0.5, 0.6) is 5.75 Å². The van der Waals surface area contributed by atoms with Gasteiger partial charge in [-0.1, -0.05) is 35.9 Å². The summed E-state index contributed by atoms with van der Waals surface area (Å²) in [5, 5.41) is 16.1. The highest BCUT2D eigenvalue weighted by Gasteiger charge is 2.36. The number of hydrogen-bond donors (Lipinski definition) is 1. The van der Waals surface area contributed by atoms with Crippen LogP contribution in [0, 0.1) is 19.3 Å². The van der Waals surface area contributed by atoms with Gasteiger partial charge in [0.25, 0.3) is 5.91 Å². The van der Waals surface area contributed by atoms with Crippen LogP contribution in [-0.2, 0) is 4.79 Å². The molecule has 0 aliphatic carbocycles. The first kappa shape index (κ1) is 22.2. The molecule has 34 heavy (non-hydrogen) atoms. The maximum atomic E-state index is 12.8. The molecule has 3 aromatic rings. The fourth-order valence-corrected chi connectivity index (χ4v) is 4.84. The van der Waals surface area contributed by atoms with Crippen LogP contribution in [0.1, 0.15) is 17.0 Å². The molecule has 1 N–H and O–H groups in total. The van der Waals surface area contributed by atoms with Crippen molar-refractivity contribution in [2.45, 2.75) is 13.8 Å². The van der Waals surface area contributed by atoms with Crippen LogP contribution in [-0.4, -0.2) is 38.1 Å². The van der Waals surface area contributed by atoms with Gasteiger partial charge in [0.1, 0.15) is 17.4 Å². The van der Waals surface area contributed by atoms with Crippen LogP contribution < -0.4 is 4.74 Å². The van der Waals surface area contributed by atoms with E-state index in [2.05, 4.69) is 14.7 Å². The highest BCUT2D eigenvalue weighted by molar-refractivity contribution is 8.27. The van der Waals surface area contributed by atoms with Crippen molar-refractivity contribution in [2.24, 2.45) is 10.1 Å². The lowest BCUT2D eigenvalue weighted by Gasteiger charge is -2.20. The number of benzene rings is 2. The van der Waals surface area contributed by atoms with Gasteiger partial charge < -0.3 is 9.30 Å². The lowest BCUT2D eigenvalue weighted by atomic mass is 10.1. The molecule has 0 fully saturated rings. The number of rotatable bonds is 5. The number of fused-ring (bicyclic) bond motifs is 1. The first-order chi connectivity index (χ1) is 16.4. The number of nitrogens with zero attached hydrogens (tertiary/aromatic N) is 4. The second kappa shape index (κ2) is 8.96. The first-order valence-corrected chi connectivity index (χ1v) is 11.7. The summed E-state index contributed by atoms with van der Waals surface area (Å²) in [6.07, 6.45) is 1.70. The Bertz CT molecular complexity index is 1410. The molecule has 0 saturated carbocycles. The largest absolute Gasteiger partial charge is 0.487 e. The maximum Gasteiger partial charge on any atom is 0.283 e. The molecule has 1 aromatic heterocycles. The molecular formula is C25H20ClN5O2S. The highest BCUT2D eigenvalue weighted by Crippen LogP contribution is 2.30. The number of amides is 1. The second-order valence-electron chi connectivity index (χ2n) is 7.76. The van der Waals surface area contributed by atoms with Crippen molar-refractivity contribution in [1.29, 1.82) is 5.41 Å². The summed E-state index contributed by atoms with van der Waals surface area (Å²) in [6, 6.07) is 19.0. The molecule has 170 valence electrons. The quantitative estimate of drug-likeness (QED) is 0.483. The van der Waals surface area contributed by atoms with Crippen molar-refractivity contribution in [3.8, 4) is 11.4 Å². The maximum absolute atomic E-state index is 12.8. The van der Waals surface area contributed by atoms with E-state index in [1.807, 2.05) is 74.5 Å². The zero-order chi connectivity index (χ0) is 23.8. The average molecular weight is 490 g/mol. The van der Waals surface area contributed by atoms with Gasteiger partial charge in [0, 0.05) is 22.1 Å². The number of ether oxygens (including phenoxy) is 1. The number of carbonyl (C=O) groups is 1. The summed E-state index contributed by atoms with van der Waals surface area (Å²) >= 11 is 7.41. The van der Waals surface area contributed by atoms with E-state index in [0.717, 1.165) is 28.4 Å². The minimum absolute atomic E-state index is 0.00947. The molecule has 2 aromatic carbocycles. The summed E-state index contributed by atoms with van der Waals surface area (Å²) < 4.78 is 7.81. The predicted octanol–water partition coefficient (Wildman–Crippen LogP) is 5.45. The van der Waals surface area contributed by atoms with Gasteiger partial charge >= 0.3 is 0 Å². The SMILES string of the molecule is Cc1cc(/C=C2\C(=N)N3N=C(COc4ccccc4)SC3=NC2=O)c(C)n1-c1cccc(Cl)c1. The van der Waals surface area contributed by atoms with E-state index in [1.165, 1.54) is 16.8 Å². The topological polar surface area (TPSA) is 83.0 Å². The molecule has 7 nitrogen and oxygen atoms in total. The van der Waals surface area contributed by atoms with Gasteiger partial charge in [-0.15, -0.1) is 0 Å². The van der Waals surface area contributed by atoms with Crippen molar-refractivity contribution < 1.29 is 9.53 Å². The molecule has 1 amide bonds. The fraction of sp³-hybridized carbons (Fsp3) is 0.120. The van der Waals surface area contributed by atoms with Crippen LogP contribution in [0.25, 0.3) is 11.8 Å². The normalized spacial score (nSPS) is 16.6. The molecule has 0 unspecified atom stereocenters. The number of halogens is 1. The standard InChI is InChI=1S/C25H20ClN5O2S/c1-15-11-17(16(2)30(15)19-8-6-7-18(26)13-19)12-21-23(27)31-25(28-24(21)32)34-22(29-31)14-33-20-9-4-3-5-10-20/h3-13,27H,14H2,1-2H3/b21-12+,27-23?. The van der Waals surface area contributed by atoms with E-state index in [0.29, 0.717) is 15.2 Å². The summed E-state index contributed by atoms with van der Waals surface area (Å²) in [5.74, 6) is 0.251. The minimum Gasteiger partial charge on any atom is -0.487 e. The number of amidine groups is 2. The number of aliphatic imine (C=N–C) groups is 1. The Hall–Kier alpha value is -3.62. The summed E-state index contributed by atoms with van der Waals surface area (Å²) in [5.41, 5.74) is 3.86. The molecular weight excluding hydrogens is 470 g/mol. The van der Waals surface area contributed by atoms with Crippen LogP contribution in [0.2, 0.25) is 5.02 Å². The fourth-order valence-electron chi connectivity index (χ4n) is 3.85.